The Hall–Kier alpha value is -1.75. The number of aliphatic imine (C=N–C) groups is 1. The van der Waals surface area contributed by atoms with Crippen LogP contribution in [0.2, 0.25) is 0 Å². The molecular formula is C21H36N4O. The Morgan fingerprint density at radius 2 is 2.08 bits per heavy atom. The van der Waals surface area contributed by atoms with Crippen LogP contribution in [-0.4, -0.2) is 63.1 Å². The minimum atomic E-state index is 0.702. The number of likely N-dealkylation sites (tertiary alicyclic amines) is 1. The van der Waals surface area contributed by atoms with Gasteiger partial charge in [-0.1, -0.05) is 26.0 Å². The van der Waals surface area contributed by atoms with E-state index in [0.29, 0.717) is 5.92 Å². The summed E-state index contributed by atoms with van der Waals surface area (Å²) < 4.78 is 5.23. The number of methoxy groups -OCH3 is 1. The van der Waals surface area contributed by atoms with Gasteiger partial charge in [0.2, 0.25) is 0 Å². The summed E-state index contributed by atoms with van der Waals surface area (Å²) in [5.41, 5.74) is 1.25. The van der Waals surface area contributed by atoms with E-state index in [9.17, 15) is 0 Å². The first kappa shape index (κ1) is 20.6. The average molecular weight is 361 g/mol. The van der Waals surface area contributed by atoms with Gasteiger partial charge in [-0.3, -0.25) is 4.99 Å². The Bertz CT molecular complexity index is 556. The predicted molar refractivity (Wildman–Crippen MR) is 110 cm³/mol. The monoisotopic (exact) mass is 360 g/mol. The molecule has 0 aromatic heterocycles. The van der Waals surface area contributed by atoms with Crippen molar-refractivity contribution in [1.82, 2.24) is 15.1 Å². The zero-order valence-electron chi connectivity index (χ0n) is 17.2. The molecule has 0 saturated carbocycles. The van der Waals surface area contributed by atoms with Crippen LogP contribution in [0, 0.1) is 11.8 Å². The molecule has 1 N–H and O–H groups in total. The topological polar surface area (TPSA) is 40.1 Å². The lowest BCUT2D eigenvalue weighted by Gasteiger charge is -2.34. The highest BCUT2D eigenvalue weighted by Crippen LogP contribution is 2.17. The molecule has 1 aliphatic rings. The highest BCUT2D eigenvalue weighted by Gasteiger charge is 2.21. The van der Waals surface area contributed by atoms with E-state index in [1.165, 1.54) is 38.0 Å². The van der Waals surface area contributed by atoms with E-state index in [4.69, 9.17) is 4.74 Å². The van der Waals surface area contributed by atoms with Crippen LogP contribution >= 0.6 is 0 Å². The Balaban J connectivity index is 1.82. The SMILES string of the molecule is CN=C(NCC1CCCN(CC(C)C)C1)N(C)Cc1ccc(OC)cc1. The summed E-state index contributed by atoms with van der Waals surface area (Å²) in [5.74, 6) is 3.29. The molecule has 1 atom stereocenters. The van der Waals surface area contributed by atoms with Crippen molar-refractivity contribution in [1.29, 1.82) is 0 Å². The number of hydrogen-bond donors (Lipinski definition) is 1. The lowest BCUT2D eigenvalue weighted by Crippen LogP contribution is -2.45. The maximum Gasteiger partial charge on any atom is 0.193 e. The first-order chi connectivity index (χ1) is 12.5. The van der Waals surface area contributed by atoms with Crippen molar-refractivity contribution in [3.63, 3.8) is 0 Å². The van der Waals surface area contributed by atoms with Gasteiger partial charge in [0, 0.05) is 40.3 Å². The number of guanidine groups is 1. The molecule has 1 fully saturated rings. The molecular weight excluding hydrogens is 324 g/mol. The summed E-state index contributed by atoms with van der Waals surface area (Å²) in [6.07, 6.45) is 2.61. The maximum atomic E-state index is 5.23. The molecule has 0 aliphatic carbocycles. The van der Waals surface area contributed by atoms with Crippen LogP contribution in [0.3, 0.4) is 0 Å². The fourth-order valence-corrected chi connectivity index (χ4v) is 3.70. The molecule has 0 amide bonds. The van der Waals surface area contributed by atoms with E-state index < -0.39 is 0 Å². The van der Waals surface area contributed by atoms with E-state index in [2.05, 4.69) is 53.1 Å². The largest absolute Gasteiger partial charge is 0.497 e. The van der Waals surface area contributed by atoms with Gasteiger partial charge in [-0.15, -0.1) is 0 Å². The van der Waals surface area contributed by atoms with Gasteiger partial charge in [0.05, 0.1) is 7.11 Å². The standard InChI is InChI=1S/C21H36N4O/c1-17(2)14-25-12-6-7-19(16-25)13-23-21(22-3)24(4)15-18-8-10-20(26-5)11-9-18/h8-11,17,19H,6-7,12-16H2,1-5H3,(H,22,23). The lowest BCUT2D eigenvalue weighted by molar-refractivity contribution is 0.159. The molecule has 0 radical (unpaired) electrons. The van der Waals surface area contributed by atoms with Crippen LogP contribution in [0.1, 0.15) is 32.3 Å². The van der Waals surface area contributed by atoms with E-state index in [1.54, 1.807) is 7.11 Å². The predicted octanol–water partition coefficient (Wildman–Crippen LogP) is 3.07. The van der Waals surface area contributed by atoms with Crippen molar-refractivity contribution in [2.24, 2.45) is 16.8 Å². The quantitative estimate of drug-likeness (QED) is 0.599. The average Bonchev–Trinajstić information content (AvgIpc) is 2.62. The first-order valence-corrected chi connectivity index (χ1v) is 9.79. The Labute approximate surface area is 159 Å². The maximum absolute atomic E-state index is 5.23. The minimum absolute atomic E-state index is 0.702. The van der Waals surface area contributed by atoms with Crippen LogP contribution in [-0.2, 0) is 6.54 Å². The van der Waals surface area contributed by atoms with Gasteiger partial charge in [0.25, 0.3) is 0 Å². The third-order valence-corrected chi connectivity index (χ3v) is 4.93. The van der Waals surface area contributed by atoms with Crippen LogP contribution in [0.5, 0.6) is 5.75 Å². The number of ether oxygens (including phenoxy) is 1. The zero-order chi connectivity index (χ0) is 18.9. The van der Waals surface area contributed by atoms with Crippen molar-refractivity contribution in [2.75, 3.05) is 47.4 Å². The van der Waals surface area contributed by atoms with Crippen molar-refractivity contribution < 1.29 is 4.74 Å². The number of nitrogens with zero attached hydrogens (tertiary/aromatic N) is 3. The third-order valence-electron chi connectivity index (χ3n) is 4.93. The summed E-state index contributed by atoms with van der Waals surface area (Å²) in [6.45, 7) is 10.1. The highest BCUT2D eigenvalue weighted by atomic mass is 16.5. The molecule has 2 rings (SSSR count). The minimum Gasteiger partial charge on any atom is -0.497 e. The van der Waals surface area contributed by atoms with E-state index >= 15 is 0 Å². The Morgan fingerprint density at radius 3 is 2.69 bits per heavy atom. The van der Waals surface area contributed by atoms with Crippen molar-refractivity contribution >= 4 is 5.96 Å². The first-order valence-electron chi connectivity index (χ1n) is 9.79. The second kappa shape index (κ2) is 10.4. The molecule has 5 heteroatoms. The Kier molecular flexibility index (Phi) is 8.23. The van der Waals surface area contributed by atoms with Crippen LogP contribution in [0.25, 0.3) is 0 Å². The summed E-state index contributed by atoms with van der Waals surface area (Å²) >= 11 is 0. The molecule has 1 heterocycles. The van der Waals surface area contributed by atoms with Crippen molar-refractivity contribution in [2.45, 2.75) is 33.2 Å². The number of piperidine rings is 1. The second-order valence-corrected chi connectivity index (χ2v) is 7.79. The second-order valence-electron chi connectivity index (χ2n) is 7.79. The number of nitrogens with one attached hydrogen (secondary N) is 1. The smallest absolute Gasteiger partial charge is 0.193 e. The fourth-order valence-electron chi connectivity index (χ4n) is 3.70. The molecule has 1 unspecified atom stereocenters. The molecule has 0 bridgehead atoms. The van der Waals surface area contributed by atoms with E-state index in [0.717, 1.165) is 30.7 Å². The molecule has 146 valence electrons. The van der Waals surface area contributed by atoms with Gasteiger partial charge in [0.15, 0.2) is 5.96 Å². The van der Waals surface area contributed by atoms with Crippen LogP contribution in [0.4, 0.5) is 0 Å². The fraction of sp³-hybridized carbons (Fsp3) is 0.667. The van der Waals surface area contributed by atoms with Crippen molar-refractivity contribution in [3.8, 4) is 5.75 Å². The Morgan fingerprint density at radius 1 is 1.35 bits per heavy atom. The van der Waals surface area contributed by atoms with Gasteiger partial charge in [-0.05, 0) is 48.9 Å². The summed E-state index contributed by atoms with van der Waals surface area (Å²) in [5, 5.41) is 3.58. The molecule has 5 nitrogen and oxygen atoms in total. The highest BCUT2D eigenvalue weighted by molar-refractivity contribution is 5.79. The molecule has 0 spiro atoms. The van der Waals surface area contributed by atoms with Gasteiger partial charge in [0.1, 0.15) is 5.75 Å². The number of rotatable bonds is 7. The summed E-state index contributed by atoms with van der Waals surface area (Å²) in [4.78, 5) is 9.26. The van der Waals surface area contributed by atoms with E-state index in [1.807, 2.05) is 19.2 Å². The summed E-state index contributed by atoms with van der Waals surface area (Å²) in [7, 11) is 5.64. The van der Waals surface area contributed by atoms with Gasteiger partial charge < -0.3 is 19.9 Å². The van der Waals surface area contributed by atoms with Crippen molar-refractivity contribution in [3.05, 3.63) is 29.8 Å². The van der Waals surface area contributed by atoms with E-state index in [-0.39, 0.29) is 0 Å². The van der Waals surface area contributed by atoms with Gasteiger partial charge >= 0.3 is 0 Å². The normalized spacial score (nSPS) is 18.8. The third kappa shape index (κ3) is 6.52. The van der Waals surface area contributed by atoms with Gasteiger partial charge in [-0.25, -0.2) is 0 Å². The molecule has 26 heavy (non-hydrogen) atoms. The molecule has 1 aromatic carbocycles. The number of benzene rings is 1. The zero-order valence-corrected chi connectivity index (χ0v) is 17.2. The molecule has 1 saturated heterocycles. The lowest BCUT2D eigenvalue weighted by atomic mass is 9.97. The number of hydrogen-bond acceptors (Lipinski definition) is 3. The molecule has 1 aromatic rings. The van der Waals surface area contributed by atoms with Gasteiger partial charge in [-0.2, -0.15) is 0 Å². The summed E-state index contributed by atoms with van der Waals surface area (Å²) in [6, 6.07) is 8.22. The van der Waals surface area contributed by atoms with Crippen LogP contribution in [0.15, 0.2) is 29.3 Å². The molecule has 1 aliphatic heterocycles. The van der Waals surface area contributed by atoms with Crippen LogP contribution < -0.4 is 10.1 Å².